The molecule has 1 heterocycles. The highest BCUT2D eigenvalue weighted by atomic mass is 32.1. The first-order valence-corrected chi connectivity index (χ1v) is 5.34. The molecule has 0 unspecified atom stereocenters. The number of thiol groups is 1. The van der Waals surface area contributed by atoms with Crippen LogP contribution in [0.2, 0.25) is 0 Å². The molecule has 0 N–H and O–H groups in total. The molecule has 2 nitrogen and oxygen atoms in total. The fourth-order valence-corrected chi connectivity index (χ4v) is 1.68. The smallest absolute Gasteiger partial charge is 0.159 e. The zero-order valence-corrected chi connectivity index (χ0v) is 9.51. The molecule has 84 valence electrons. The second kappa shape index (κ2) is 4.25. The molecular weight excluding hydrogens is 230 g/mol. The van der Waals surface area contributed by atoms with Crippen molar-refractivity contribution in [3.05, 3.63) is 41.6 Å². The SMILES string of the molecule is Cn1nc(CS)cc1-c1ccc(F)c(F)c1. The summed E-state index contributed by atoms with van der Waals surface area (Å²) in [5.74, 6) is -1.19. The Hall–Kier alpha value is -1.36. The molecule has 0 aliphatic heterocycles. The van der Waals surface area contributed by atoms with Crippen LogP contribution in [0.4, 0.5) is 8.78 Å². The lowest BCUT2D eigenvalue weighted by molar-refractivity contribution is 0.509. The Bertz CT molecular complexity index is 523. The number of nitrogens with zero attached hydrogens (tertiary/aromatic N) is 2. The highest BCUT2D eigenvalue weighted by Gasteiger charge is 2.09. The fraction of sp³-hybridized carbons (Fsp3) is 0.182. The van der Waals surface area contributed by atoms with Crippen LogP contribution < -0.4 is 0 Å². The number of benzene rings is 1. The summed E-state index contributed by atoms with van der Waals surface area (Å²) >= 11 is 4.11. The van der Waals surface area contributed by atoms with Gasteiger partial charge in [0.2, 0.25) is 0 Å². The van der Waals surface area contributed by atoms with Crippen molar-refractivity contribution in [2.24, 2.45) is 7.05 Å². The van der Waals surface area contributed by atoms with Crippen molar-refractivity contribution >= 4 is 12.6 Å². The molecule has 2 aromatic rings. The first-order chi connectivity index (χ1) is 7.61. The van der Waals surface area contributed by atoms with Gasteiger partial charge in [0.15, 0.2) is 11.6 Å². The van der Waals surface area contributed by atoms with Crippen molar-refractivity contribution in [2.45, 2.75) is 5.75 Å². The van der Waals surface area contributed by atoms with E-state index in [0.29, 0.717) is 11.3 Å². The Morgan fingerprint density at radius 2 is 2.00 bits per heavy atom. The van der Waals surface area contributed by atoms with Gasteiger partial charge in [-0.25, -0.2) is 8.78 Å². The molecule has 0 radical (unpaired) electrons. The van der Waals surface area contributed by atoms with Gasteiger partial charge in [0, 0.05) is 18.4 Å². The van der Waals surface area contributed by atoms with E-state index in [9.17, 15) is 8.78 Å². The average molecular weight is 240 g/mol. The molecule has 0 bridgehead atoms. The molecule has 0 aliphatic rings. The lowest BCUT2D eigenvalue weighted by atomic mass is 10.1. The third kappa shape index (κ3) is 1.95. The van der Waals surface area contributed by atoms with Gasteiger partial charge in [0.1, 0.15) is 0 Å². The van der Waals surface area contributed by atoms with E-state index in [1.54, 1.807) is 17.8 Å². The second-order valence-electron chi connectivity index (χ2n) is 3.43. The second-order valence-corrected chi connectivity index (χ2v) is 3.75. The number of rotatable bonds is 2. The van der Waals surface area contributed by atoms with Gasteiger partial charge in [0.05, 0.1) is 11.4 Å². The highest BCUT2D eigenvalue weighted by molar-refractivity contribution is 7.79. The highest BCUT2D eigenvalue weighted by Crippen LogP contribution is 2.22. The Kier molecular flexibility index (Phi) is 2.96. The largest absolute Gasteiger partial charge is 0.268 e. The molecular formula is C11H10F2N2S. The zero-order chi connectivity index (χ0) is 11.7. The molecule has 0 saturated heterocycles. The van der Waals surface area contributed by atoms with E-state index in [0.717, 1.165) is 23.5 Å². The van der Waals surface area contributed by atoms with Crippen LogP contribution in [0.3, 0.4) is 0 Å². The van der Waals surface area contributed by atoms with Crippen LogP contribution in [0, 0.1) is 11.6 Å². The Labute approximate surface area is 97.3 Å². The molecule has 2 rings (SSSR count). The summed E-state index contributed by atoms with van der Waals surface area (Å²) < 4.78 is 27.5. The number of halogens is 2. The number of hydrogen-bond donors (Lipinski definition) is 1. The van der Waals surface area contributed by atoms with Crippen molar-refractivity contribution in [3.63, 3.8) is 0 Å². The summed E-state index contributed by atoms with van der Waals surface area (Å²) in [5, 5.41) is 4.18. The van der Waals surface area contributed by atoms with Gasteiger partial charge < -0.3 is 0 Å². The van der Waals surface area contributed by atoms with Crippen molar-refractivity contribution in [1.82, 2.24) is 9.78 Å². The average Bonchev–Trinajstić information content (AvgIpc) is 2.64. The molecule has 16 heavy (non-hydrogen) atoms. The van der Waals surface area contributed by atoms with E-state index >= 15 is 0 Å². The quantitative estimate of drug-likeness (QED) is 0.799. The minimum Gasteiger partial charge on any atom is -0.268 e. The van der Waals surface area contributed by atoms with Gasteiger partial charge in [-0.3, -0.25) is 4.68 Å². The Morgan fingerprint density at radius 1 is 1.25 bits per heavy atom. The maximum Gasteiger partial charge on any atom is 0.159 e. The van der Waals surface area contributed by atoms with Gasteiger partial charge >= 0.3 is 0 Å². The minimum atomic E-state index is -0.855. The first-order valence-electron chi connectivity index (χ1n) is 4.71. The van der Waals surface area contributed by atoms with E-state index < -0.39 is 11.6 Å². The van der Waals surface area contributed by atoms with Crippen molar-refractivity contribution in [2.75, 3.05) is 0 Å². The maximum atomic E-state index is 13.1. The van der Waals surface area contributed by atoms with Gasteiger partial charge in [-0.05, 0) is 24.3 Å². The molecule has 0 amide bonds. The molecule has 5 heteroatoms. The summed E-state index contributed by atoms with van der Waals surface area (Å²) in [6.07, 6.45) is 0. The van der Waals surface area contributed by atoms with E-state index in [1.165, 1.54) is 6.07 Å². The molecule has 1 aromatic carbocycles. The van der Waals surface area contributed by atoms with Crippen molar-refractivity contribution in [3.8, 4) is 11.3 Å². The van der Waals surface area contributed by atoms with Crippen LogP contribution in [0.1, 0.15) is 5.69 Å². The number of hydrogen-bond acceptors (Lipinski definition) is 2. The summed E-state index contributed by atoms with van der Waals surface area (Å²) in [4.78, 5) is 0. The molecule has 0 fully saturated rings. The van der Waals surface area contributed by atoms with Crippen LogP contribution >= 0.6 is 12.6 Å². The lowest BCUT2D eigenvalue weighted by Crippen LogP contribution is -1.95. The van der Waals surface area contributed by atoms with E-state index in [4.69, 9.17) is 0 Å². The van der Waals surface area contributed by atoms with Crippen molar-refractivity contribution in [1.29, 1.82) is 0 Å². The van der Waals surface area contributed by atoms with Gasteiger partial charge in [-0.1, -0.05) is 0 Å². The summed E-state index contributed by atoms with van der Waals surface area (Å²) in [7, 11) is 1.75. The van der Waals surface area contributed by atoms with Crippen LogP contribution in [-0.4, -0.2) is 9.78 Å². The van der Waals surface area contributed by atoms with Gasteiger partial charge in [-0.2, -0.15) is 17.7 Å². The van der Waals surface area contributed by atoms with E-state index in [-0.39, 0.29) is 0 Å². The molecule has 0 aliphatic carbocycles. The number of aryl methyl sites for hydroxylation is 1. The topological polar surface area (TPSA) is 17.8 Å². The Morgan fingerprint density at radius 3 is 2.56 bits per heavy atom. The number of aromatic nitrogens is 2. The van der Waals surface area contributed by atoms with Gasteiger partial charge in [0.25, 0.3) is 0 Å². The summed E-state index contributed by atoms with van der Waals surface area (Å²) in [6, 6.07) is 5.60. The maximum absolute atomic E-state index is 13.1. The monoisotopic (exact) mass is 240 g/mol. The molecule has 0 spiro atoms. The van der Waals surface area contributed by atoms with Crippen LogP contribution in [0.15, 0.2) is 24.3 Å². The summed E-state index contributed by atoms with van der Waals surface area (Å²) in [5.41, 5.74) is 2.13. The normalized spacial score (nSPS) is 10.8. The first kappa shape index (κ1) is 11.1. The van der Waals surface area contributed by atoms with Crippen LogP contribution in [0.5, 0.6) is 0 Å². The molecule has 0 atom stereocenters. The van der Waals surface area contributed by atoms with Gasteiger partial charge in [-0.15, -0.1) is 0 Å². The minimum absolute atomic E-state index is 0.511. The van der Waals surface area contributed by atoms with Crippen LogP contribution in [-0.2, 0) is 12.8 Å². The van der Waals surface area contributed by atoms with E-state index in [2.05, 4.69) is 17.7 Å². The van der Waals surface area contributed by atoms with Crippen LogP contribution in [0.25, 0.3) is 11.3 Å². The third-order valence-electron chi connectivity index (χ3n) is 2.31. The lowest BCUT2D eigenvalue weighted by Gasteiger charge is -2.02. The molecule has 0 saturated carbocycles. The predicted octanol–water partition coefficient (Wildman–Crippen LogP) is 2.80. The fourth-order valence-electron chi connectivity index (χ4n) is 1.53. The van der Waals surface area contributed by atoms with E-state index in [1.807, 2.05) is 0 Å². The van der Waals surface area contributed by atoms with Crippen molar-refractivity contribution < 1.29 is 8.78 Å². The molecule has 1 aromatic heterocycles. The third-order valence-corrected chi connectivity index (χ3v) is 2.63. The zero-order valence-electron chi connectivity index (χ0n) is 8.61. The Balaban J connectivity index is 2.49. The summed E-state index contributed by atoms with van der Waals surface area (Å²) in [6.45, 7) is 0. The predicted molar refractivity (Wildman–Crippen MR) is 61.3 cm³/mol. The standard InChI is InChI=1S/C11H10F2N2S/c1-15-11(5-8(6-16)14-15)7-2-3-9(12)10(13)4-7/h2-5,16H,6H2,1H3.